The molecule has 1 aliphatic carbocycles. The van der Waals surface area contributed by atoms with Gasteiger partial charge in [0.1, 0.15) is 17.0 Å². The number of amides is 1. The van der Waals surface area contributed by atoms with Crippen molar-refractivity contribution in [2.75, 3.05) is 39.3 Å². The molecule has 0 spiro atoms. The first-order chi connectivity index (χ1) is 20.5. The van der Waals surface area contributed by atoms with Crippen LogP contribution in [-0.4, -0.2) is 72.2 Å². The van der Waals surface area contributed by atoms with Crippen molar-refractivity contribution in [3.8, 4) is 11.1 Å². The molecule has 3 aromatic carbocycles. The summed E-state index contributed by atoms with van der Waals surface area (Å²) in [6.45, 7) is 2.07. The van der Waals surface area contributed by atoms with Crippen LogP contribution in [0.4, 0.5) is 22.0 Å². The lowest BCUT2D eigenvalue weighted by Gasteiger charge is -2.35. The Morgan fingerprint density at radius 3 is 1.95 bits per heavy atom. The Morgan fingerprint density at radius 2 is 1.42 bits per heavy atom. The number of fused-ring (bicyclic) bond motifs is 3. The molecule has 0 saturated carbocycles. The lowest BCUT2D eigenvalue weighted by atomic mass is 9.74. The van der Waals surface area contributed by atoms with Gasteiger partial charge in [-0.05, 0) is 59.8 Å². The number of hydrogen-bond acceptors (Lipinski definition) is 4. The summed E-state index contributed by atoms with van der Waals surface area (Å²) in [5.41, 5.74) is 6.95. The number of aliphatic carboxylic acids is 1. The number of alkyl halides is 3. The quantitative estimate of drug-likeness (QED) is 0.267. The van der Waals surface area contributed by atoms with Crippen LogP contribution in [0.1, 0.15) is 36.0 Å². The Hall–Kier alpha value is -3.83. The van der Waals surface area contributed by atoms with Crippen molar-refractivity contribution in [1.29, 1.82) is 0 Å². The smallest absolute Gasteiger partial charge is 0.400 e. The van der Waals surface area contributed by atoms with E-state index in [9.17, 15) is 36.6 Å². The van der Waals surface area contributed by atoms with Crippen LogP contribution in [-0.2, 0) is 21.4 Å². The van der Waals surface area contributed by atoms with Crippen molar-refractivity contribution < 1.29 is 36.6 Å². The first-order valence-electron chi connectivity index (χ1n) is 14.1. The SMILES string of the molecule is NCC(F)(F)F.O=C(Cc1cc(F)ccc1F)N1CCN(CCCCC2(C(=O)O)c3ccccc3-c3ccccc32)CC1. The van der Waals surface area contributed by atoms with Gasteiger partial charge in [0.15, 0.2) is 0 Å². The molecule has 1 fully saturated rings. The monoisotopic (exact) mass is 603 g/mol. The van der Waals surface area contributed by atoms with Crippen LogP contribution >= 0.6 is 0 Å². The van der Waals surface area contributed by atoms with E-state index in [1.165, 1.54) is 0 Å². The third-order valence-electron chi connectivity index (χ3n) is 8.01. The molecule has 6 nitrogen and oxygen atoms in total. The summed E-state index contributed by atoms with van der Waals surface area (Å²) in [6, 6.07) is 18.8. The Morgan fingerprint density at radius 1 is 0.860 bits per heavy atom. The van der Waals surface area contributed by atoms with Crippen molar-refractivity contribution in [2.24, 2.45) is 5.73 Å². The normalized spacial score (nSPS) is 15.7. The number of carboxylic acids is 1. The standard InChI is InChI=1S/C30H30F2N2O3.C2H4F3N/c31-22-11-12-27(32)21(19-22)20-28(35)34-17-15-33(16-18-34)14-6-5-13-30(29(36)37)25-9-3-1-7-23(25)24-8-2-4-10-26(24)30;3-2(4,5)1-6/h1-4,7-12,19H,5-6,13-18,20H2,(H,36,37);1,6H2. The number of hydrogen-bond donors (Lipinski definition) is 2. The van der Waals surface area contributed by atoms with Gasteiger partial charge in [-0.2, -0.15) is 13.2 Å². The highest BCUT2D eigenvalue weighted by Crippen LogP contribution is 2.51. The van der Waals surface area contributed by atoms with Crippen molar-refractivity contribution >= 4 is 11.9 Å². The fourth-order valence-corrected chi connectivity index (χ4v) is 5.83. The number of piperazine rings is 1. The van der Waals surface area contributed by atoms with Crippen molar-refractivity contribution in [3.63, 3.8) is 0 Å². The molecule has 1 aliphatic heterocycles. The summed E-state index contributed by atoms with van der Waals surface area (Å²) in [5.74, 6) is -2.14. The number of halogens is 5. The second kappa shape index (κ2) is 13.6. The maximum absolute atomic E-state index is 13.9. The second-order valence-electron chi connectivity index (χ2n) is 10.7. The molecule has 2 aliphatic rings. The van der Waals surface area contributed by atoms with Crippen LogP contribution in [0.25, 0.3) is 11.1 Å². The van der Waals surface area contributed by atoms with E-state index in [4.69, 9.17) is 0 Å². The number of rotatable bonds is 8. The number of unbranched alkanes of at least 4 members (excludes halogenated alkanes) is 1. The second-order valence-corrected chi connectivity index (χ2v) is 10.7. The highest BCUT2D eigenvalue weighted by molar-refractivity contribution is 5.97. The molecule has 0 aromatic heterocycles. The van der Waals surface area contributed by atoms with Crippen LogP contribution in [0, 0.1) is 11.6 Å². The van der Waals surface area contributed by atoms with E-state index in [-0.39, 0.29) is 17.9 Å². The third kappa shape index (κ3) is 7.40. The van der Waals surface area contributed by atoms with Gasteiger partial charge < -0.3 is 15.7 Å². The highest BCUT2D eigenvalue weighted by Gasteiger charge is 2.48. The number of carboxylic acid groups (broad SMARTS) is 1. The number of nitrogens with two attached hydrogens (primary N) is 1. The molecular formula is C32H34F5N3O3. The molecule has 0 atom stereocenters. The molecule has 0 bridgehead atoms. The van der Waals surface area contributed by atoms with E-state index in [0.29, 0.717) is 32.6 Å². The lowest BCUT2D eigenvalue weighted by molar-refractivity contribution is -0.142. The average Bonchev–Trinajstić information content (AvgIpc) is 3.28. The number of carbonyl (C=O) groups excluding carboxylic acids is 1. The highest BCUT2D eigenvalue weighted by atomic mass is 19.4. The third-order valence-corrected chi connectivity index (χ3v) is 8.01. The largest absolute Gasteiger partial charge is 0.480 e. The van der Waals surface area contributed by atoms with E-state index in [0.717, 1.165) is 59.8 Å². The van der Waals surface area contributed by atoms with E-state index in [1.54, 1.807) is 4.90 Å². The van der Waals surface area contributed by atoms with Crippen LogP contribution < -0.4 is 5.73 Å². The molecule has 5 rings (SSSR count). The molecule has 11 heteroatoms. The predicted molar refractivity (Wildman–Crippen MR) is 152 cm³/mol. The molecule has 3 N–H and O–H groups in total. The Labute approximate surface area is 246 Å². The van der Waals surface area contributed by atoms with Gasteiger partial charge in [0.2, 0.25) is 5.91 Å². The topological polar surface area (TPSA) is 86.9 Å². The minimum atomic E-state index is -4.18. The zero-order chi connectivity index (χ0) is 31.2. The number of nitrogens with zero attached hydrogens (tertiary/aromatic N) is 2. The summed E-state index contributed by atoms with van der Waals surface area (Å²) >= 11 is 0. The number of benzene rings is 3. The molecular weight excluding hydrogens is 569 g/mol. The first kappa shape index (κ1) is 32.1. The van der Waals surface area contributed by atoms with Gasteiger partial charge in [0.05, 0.1) is 13.0 Å². The molecule has 0 unspecified atom stereocenters. The van der Waals surface area contributed by atoms with Gasteiger partial charge in [-0.15, -0.1) is 0 Å². The molecule has 1 heterocycles. The predicted octanol–water partition coefficient (Wildman–Crippen LogP) is 5.38. The first-order valence-corrected chi connectivity index (χ1v) is 14.1. The number of carbonyl (C=O) groups is 2. The van der Waals surface area contributed by atoms with Crippen LogP contribution in [0.5, 0.6) is 0 Å². The van der Waals surface area contributed by atoms with Crippen LogP contribution in [0.3, 0.4) is 0 Å². The summed E-state index contributed by atoms with van der Waals surface area (Å²) in [7, 11) is 0. The maximum Gasteiger partial charge on any atom is 0.400 e. The molecule has 1 amide bonds. The Balaban J connectivity index is 0.000000641. The molecule has 3 aromatic rings. The zero-order valence-electron chi connectivity index (χ0n) is 23.5. The fourth-order valence-electron chi connectivity index (χ4n) is 5.83. The summed E-state index contributed by atoms with van der Waals surface area (Å²) in [5, 5.41) is 10.4. The van der Waals surface area contributed by atoms with Gasteiger partial charge in [0.25, 0.3) is 0 Å². The summed E-state index contributed by atoms with van der Waals surface area (Å²) in [4.78, 5) is 29.3. The van der Waals surface area contributed by atoms with E-state index < -0.39 is 35.7 Å². The van der Waals surface area contributed by atoms with Gasteiger partial charge in [-0.25, -0.2) is 8.78 Å². The molecule has 43 heavy (non-hydrogen) atoms. The minimum Gasteiger partial charge on any atom is -0.480 e. The van der Waals surface area contributed by atoms with Crippen molar-refractivity contribution in [2.45, 2.75) is 37.3 Å². The van der Waals surface area contributed by atoms with E-state index in [1.807, 2.05) is 48.5 Å². The van der Waals surface area contributed by atoms with Gasteiger partial charge in [-0.1, -0.05) is 55.0 Å². The molecule has 230 valence electrons. The maximum atomic E-state index is 13.9. The van der Waals surface area contributed by atoms with Crippen molar-refractivity contribution in [1.82, 2.24) is 9.80 Å². The fraction of sp³-hybridized carbons (Fsp3) is 0.375. The molecule has 0 radical (unpaired) electrons. The van der Waals surface area contributed by atoms with Gasteiger partial charge in [0, 0.05) is 31.7 Å². The average molecular weight is 604 g/mol. The lowest BCUT2D eigenvalue weighted by Crippen LogP contribution is -2.49. The summed E-state index contributed by atoms with van der Waals surface area (Å²) < 4.78 is 59.3. The van der Waals surface area contributed by atoms with Gasteiger partial charge >= 0.3 is 12.1 Å². The van der Waals surface area contributed by atoms with E-state index >= 15 is 0 Å². The molecule has 1 saturated heterocycles. The van der Waals surface area contributed by atoms with Gasteiger partial charge in [-0.3, -0.25) is 14.5 Å². The van der Waals surface area contributed by atoms with Crippen LogP contribution in [0.15, 0.2) is 66.7 Å². The Bertz CT molecular complexity index is 1390. The van der Waals surface area contributed by atoms with E-state index in [2.05, 4.69) is 10.6 Å². The van der Waals surface area contributed by atoms with Crippen LogP contribution in [0.2, 0.25) is 0 Å². The minimum absolute atomic E-state index is 0.0786. The van der Waals surface area contributed by atoms with Crippen molar-refractivity contribution in [3.05, 3.63) is 95.1 Å². The Kier molecular flexibility index (Phi) is 10.2. The summed E-state index contributed by atoms with van der Waals surface area (Å²) in [6.07, 6.45) is -2.20. The zero-order valence-corrected chi connectivity index (χ0v) is 23.5.